The van der Waals surface area contributed by atoms with Gasteiger partial charge in [-0.05, 0) is 44.5 Å². The van der Waals surface area contributed by atoms with Crippen LogP contribution in [-0.4, -0.2) is 38.0 Å². The molecule has 2 aromatic heterocycles. The van der Waals surface area contributed by atoms with Crippen molar-refractivity contribution in [1.82, 2.24) is 19.0 Å². The topological polar surface area (TPSA) is 77.2 Å². The van der Waals surface area contributed by atoms with E-state index in [1.807, 2.05) is 13.8 Å². The Balaban J connectivity index is 2.32. The van der Waals surface area contributed by atoms with Crippen molar-refractivity contribution < 1.29 is 9.18 Å². The zero-order valence-corrected chi connectivity index (χ0v) is 16.9. The number of carbonyl (C=O) groups excluding carboxylic acids is 1. The molecule has 2 heterocycles. The molecule has 0 fully saturated rings. The summed E-state index contributed by atoms with van der Waals surface area (Å²) < 4.78 is 15.8. The van der Waals surface area contributed by atoms with Gasteiger partial charge in [0.1, 0.15) is 11.5 Å². The number of hydrogen-bond donors (Lipinski definition) is 0. The number of pyridine rings is 1. The third kappa shape index (κ3) is 3.70. The van der Waals surface area contributed by atoms with Crippen LogP contribution in [0.2, 0.25) is 0 Å². The lowest BCUT2D eigenvalue weighted by molar-refractivity contribution is 0.0774. The van der Waals surface area contributed by atoms with Crippen LogP contribution in [0.3, 0.4) is 0 Å². The summed E-state index contributed by atoms with van der Waals surface area (Å²) >= 11 is 0. The maximum atomic E-state index is 13.6. The third-order valence-electron chi connectivity index (χ3n) is 4.93. The maximum Gasteiger partial charge on any atom is 0.332 e. The Morgan fingerprint density at radius 2 is 1.86 bits per heavy atom. The number of amides is 1. The van der Waals surface area contributed by atoms with Crippen LogP contribution in [0.4, 0.5) is 4.39 Å². The number of nitrogens with zero attached hydrogens (tertiary/aromatic N) is 4. The van der Waals surface area contributed by atoms with Crippen molar-refractivity contribution >= 4 is 16.9 Å². The summed E-state index contributed by atoms with van der Waals surface area (Å²) in [6.07, 6.45) is 0. The quantitative estimate of drug-likeness (QED) is 0.659. The van der Waals surface area contributed by atoms with Crippen molar-refractivity contribution in [2.45, 2.75) is 27.3 Å². The lowest BCUT2D eigenvalue weighted by atomic mass is 10.1. The summed E-state index contributed by atoms with van der Waals surface area (Å²) in [7, 11) is 1.50. The van der Waals surface area contributed by atoms with Crippen molar-refractivity contribution in [1.29, 1.82) is 0 Å². The molecule has 3 aromatic rings. The minimum absolute atomic E-state index is 0.0889. The van der Waals surface area contributed by atoms with Crippen LogP contribution in [0.15, 0.2) is 39.9 Å². The van der Waals surface area contributed by atoms with Gasteiger partial charge in [-0.1, -0.05) is 12.1 Å². The number of aryl methyl sites for hydroxylation is 2. The van der Waals surface area contributed by atoms with Crippen LogP contribution >= 0.6 is 0 Å². The molecule has 1 amide bonds. The predicted octanol–water partition coefficient (Wildman–Crippen LogP) is 2.07. The van der Waals surface area contributed by atoms with Crippen LogP contribution in [-0.2, 0) is 13.6 Å². The van der Waals surface area contributed by atoms with Crippen molar-refractivity contribution in [3.05, 3.63) is 73.8 Å². The Bertz CT molecular complexity index is 1210. The number of benzene rings is 1. The second-order valence-electron chi connectivity index (χ2n) is 6.85. The summed E-state index contributed by atoms with van der Waals surface area (Å²) in [5.74, 6) is -0.749. The lowest BCUT2D eigenvalue weighted by Crippen LogP contribution is -2.41. The minimum atomic E-state index is -0.615. The van der Waals surface area contributed by atoms with E-state index in [2.05, 4.69) is 4.98 Å². The van der Waals surface area contributed by atoms with E-state index in [1.54, 1.807) is 24.0 Å². The van der Waals surface area contributed by atoms with Gasteiger partial charge in [0.15, 0.2) is 0 Å². The van der Waals surface area contributed by atoms with Crippen molar-refractivity contribution in [2.24, 2.45) is 7.05 Å². The first-order valence-electron chi connectivity index (χ1n) is 9.43. The van der Waals surface area contributed by atoms with Crippen LogP contribution in [0, 0.1) is 12.7 Å². The first-order valence-corrected chi connectivity index (χ1v) is 9.43. The molecule has 1 aromatic carbocycles. The highest BCUT2D eigenvalue weighted by Crippen LogP contribution is 2.16. The smallest absolute Gasteiger partial charge is 0.332 e. The van der Waals surface area contributed by atoms with Crippen molar-refractivity contribution in [3.63, 3.8) is 0 Å². The molecule has 0 atom stereocenters. The SMILES string of the molecule is CCN(CC)C(=O)c1cc(C)nc2c1c(=O)n(Cc1cccc(F)c1)c(=O)n2C. The Morgan fingerprint density at radius 1 is 1.17 bits per heavy atom. The van der Waals surface area contributed by atoms with Gasteiger partial charge >= 0.3 is 5.69 Å². The van der Waals surface area contributed by atoms with E-state index in [-0.39, 0.29) is 29.0 Å². The number of halogens is 1. The molecule has 0 saturated heterocycles. The maximum absolute atomic E-state index is 13.6. The van der Waals surface area contributed by atoms with Crippen molar-refractivity contribution in [3.8, 4) is 0 Å². The number of fused-ring (bicyclic) bond motifs is 1. The zero-order chi connectivity index (χ0) is 21.3. The fourth-order valence-corrected chi connectivity index (χ4v) is 3.41. The average molecular weight is 398 g/mol. The molecule has 0 N–H and O–H groups in total. The Labute approximate surface area is 167 Å². The Morgan fingerprint density at radius 3 is 2.48 bits per heavy atom. The highest BCUT2D eigenvalue weighted by atomic mass is 19.1. The molecule has 0 radical (unpaired) electrons. The summed E-state index contributed by atoms with van der Waals surface area (Å²) in [6.45, 7) is 6.29. The number of aromatic nitrogens is 3. The monoisotopic (exact) mass is 398 g/mol. The van der Waals surface area contributed by atoms with E-state index in [0.29, 0.717) is 24.3 Å². The van der Waals surface area contributed by atoms with Gasteiger partial charge in [-0.25, -0.2) is 14.2 Å². The molecule has 0 unspecified atom stereocenters. The first kappa shape index (κ1) is 20.4. The van der Waals surface area contributed by atoms with Gasteiger partial charge in [0, 0.05) is 25.8 Å². The first-order chi connectivity index (χ1) is 13.8. The molecule has 7 nitrogen and oxygen atoms in total. The van der Waals surface area contributed by atoms with Gasteiger partial charge in [0.2, 0.25) is 0 Å². The van der Waals surface area contributed by atoms with Gasteiger partial charge in [0.05, 0.1) is 17.5 Å². The Kier molecular flexibility index (Phi) is 5.63. The average Bonchev–Trinajstić information content (AvgIpc) is 2.69. The molecule has 0 aliphatic rings. The second-order valence-corrected chi connectivity index (χ2v) is 6.85. The summed E-state index contributed by atoms with van der Waals surface area (Å²) in [5, 5.41) is 0.0889. The number of carbonyl (C=O) groups is 1. The van der Waals surface area contributed by atoms with Gasteiger partial charge < -0.3 is 4.90 Å². The van der Waals surface area contributed by atoms with Gasteiger partial charge in [0.25, 0.3) is 11.5 Å². The van der Waals surface area contributed by atoms with E-state index in [0.717, 1.165) is 4.57 Å². The van der Waals surface area contributed by atoms with Crippen LogP contribution in [0.5, 0.6) is 0 Å². The molecule has 0 spiro atoms. The van der Waals surface area contributed by atoms with Gasteiger partial charge in [-0.2, -0.15) is 0 Å². The highest BCUT2D eigenvalue weighted by Gasteiger charge is 2.22. The van der Waals surface area contributed by atoms with E-state index in [4.69, 9.17) is 0 Å². The zero-order valence-electron chi connectivity index (χ0n) is 16.9. The third-order valence-corrected chi connectivity index (χ3v) is 4.93. The van der Waals surface area contributed by atoms with E-state index >= 15 is 0 Å². The molecule has 3 rings (SSSR count). The molecule has 0 aliphatic carbocycles. The van der Waals surface area contributed by atoms with E-state index in [1.165, 1.54) is 29.8 Å². The predicted molar refractivity (Wildman–Crippen MR) is 109 cm³/mol. The largest absolute Gasteiger partial charge is 0.339 e. The fourth-order valence-electron chi connectivity index (χ4n) is 3.41. The van der Waals surface area contributed by atoms with Crippen LogP contribution in [0.25, 0.3) is 11.0 Å². The molecule has 152 valence electrons. The molecular weight excluding hydrogens is 375 g/mol. The van der Waals surface area contributed by atoms with Crippen LogP contribution in [0.1, 0.15) is 35.5 Å². The van der Waals surface area contributed by atoms with Crippen molar-refractivity contribution in [2.75, 3.05) is 13.1 Å². The molecule has 8 heteroatoms. The summed E-state index contributed by atoms with van der Waals surface area (Å²) in [5.41, 5.74) is 0.183. The molecule has 0 bridgehead atoms. The van der Waals surface area contributed by atoms with Gasteiger partial charge in [-0.3, -0.25) is 18.7 Å². The van der Waals surface area contributed by atoms with E-state index in [9.17, 15) is 18.8 Å². The molecule has 0 aliphatic heterocycles. The summed E-state index contributed by atoms with van der Waals surface area (Å²) in [4.78, 5) is 45.1. The fraction of sp³-hybridized carbons (Fsp3) is 0.333. The summed E-state index contributed by atoms with van der Waals surface area (Å²) in [6, 6.07) is 7.28. The second kappa shape index (κ2) is 7.98. The molecule has 29 heavy (non-hydrogen) atoms. The van der Waals surface area contributed by atoms with Gasteiger partial charge in [-0.15, -0.1) is 0 Å². The molecule has 0 saturated carbocycles. The highest BCUT2D eigenvalue weighted by molar-refractivity contribution is 6.05. The van der Waals surface area contributed by atoms with E-state index < -0.39 is 17.1 Å². The molecular formula is C21H23FN4O3. The minimum Gasteiger partial charge on any atom is -0.339 e. The Hall–Kier alpha value is -3.29. The number of hydrogen-bond acceptors (Lipinski definition) is 4. The normalized spacial score (nSPS) is 11.1. The lowest BCUT2D eigenvalue weighted by Gasteiger charge is -2.20. The standard InChI is InChI=1S/C21H23FN4O3/c1-5-25(6-2)19(27)16-10-13(3)23-18-17(16)20(28)26(21(29)24(18)4)12-14-8-7-9-15(22)11-14/h7-11H,5-6,12H2,1-4H3. The van der Waals surface area contributed by atoms with Crippen LogP contribution < -0.4 is 11.2 Å². The number of rotatable bonds is 5.